The van der Waals surface area contributed by atoms with Gasteiger partial charge in [0.1, 0.15) is 0 Å². The molecular formula is C28H35N5O3S3. The lowest BCUT2D eigenvalue weighted by atomic mass is 10.00. The van der Waals surface area contributed by atoms with Gasteiger partial charge in [-0.05, 0) is 53.7 Å². The van der Waals surface area contributed by atoms with Crippen LogP contribution in [0.1, 0.15) is 22.8 Å². The van der Waals surface area contributed by atoms with Crippen LogP contribution >= 0.6 is 24.0 Å². The van der Waals surface area contributed by atoms with Crippen LogP contribution in [0.25, 0.3) is 11.1 Å². The lowest BCUT2D eigenvalue weighted by Crippen LogP contribution is -2.54. The number of carbonyl (C=O) groups excluding carboxylic acids is 1. The standard InChI is InChI=1S/C28H35N5O3S3/c1-32-12-14-33(15-13-32)39(35,36)23-10-8-20(9-11-23)19-4-6-21(7-5-19)24-18-28(24,27(30)37)31-26(34)25(29)17-22-3-2-16-38-22/h2-11,16,24-25,27,37H,12-15,17-18,29-30H2,1H3,(H,31,34)/t24-,25+,27?,28-/m1/s1. The van der Waals surface area contributed by atoms with Gasteiger partial charge in [0.25, 0.3) is 0 Å². The first kappa shape index (κ1) is 28.3. The third-order valence-corrected chi connectivity index (χ3v) is 11.1. The van der Waals surface area contributed by atoms with Gasteiger partial charge < -0.3 is 21.7 Å². The van der Waals surface area contributed by atoms with Crippen LogP contribution in [0.2, 0.25) is 0 Å². The van der Waals surface area contributed by atoms with Crippen molar-refractivity contribution in [1.29, 1.82) is 0 Å². The Labute approximate surface area is 239 Å². The fourth-order valence-electron chi connectivity index (χ4n) is 5.20. The number of nitrogens with one attached hydrogen (secondary N) is 1. The number of nitrogens with zero attached hydrogens (tertiary/aromatic N) is 2. The fourth-order valence-corrected chi connectivity index (χ4v) is 7.73. The highest BCUT2D eigenvalue weighted by Gasteiger charge is 2.59. The Kier molecular flexibility index (Phi) is 8.21. The van der Waals surface area contributed by atoms with Crippen LogP contribution < -0.4 is 16.8 Å². The Morgan fingerprint density at radius 1 is 1.05 bits per heavy atom. The molecule has 3 aromatic rings. The number of thiol groups is 1. The van der Waals surface area contributed by atoms with Crippen molar-refractivity contribution in [3.8, 4) is 11.1 Å². The Morgan fingerprint density at radius 3 is 2.23 bits per heavy atom. The van der Waals surface area contributed by atoms with Gasteiger partial charge in [-0.25, -0.2) is 8.42 Å². The Morgan fingerprint density at radius 2 is 1.67 bits per heavy atom. The van der Waals surface area contributed by atoms with Crippen LogP contribution in [0.5, 0.6) is 0 Å². The smallest absolute Gasteiger partial charge is 0.243 e. The zero-order valence-electron chi connectivity index (χ0n) is 21.9. The van der Waals surface area contributed by atoms with E-state index in [-0.39, 0.29) is 11.8 Å². The van der Waals surface area contributed by atoms with Crippen molar-refractivity contribution in [2.24, 2.45) is 11.5 Å². The summed E-state index contributed by atoms with van der Waals surface area (Å²) < 4.78 is 27.6. The minimum Gasteiger partial charge on any atom is -0.346 e. The fraction of sp³-hybridized carbons (Fsp3) is 0.393. The van der Waals surface area contributed by atoms with Gasteiger partial charge in [0.05, 0.1) is 21.9 Å². The number of sulfonamides is 1. The van der Waals surface area contributed by atoms with Crippen molar-refractivity contribution in [2.75, 3.05) is 33.2 Å². The second-order valence-corrected chi connectivity index (χ2v) is 14.0. The van der Waals surface area contributed by atoms with E-state index in [1.165, 1.54) is 0 Å². The Hall–Kier alpha value is -2.25. The maximum atomic E-state index is 13.0. The van der Waals surface area contributed by atoms with Gasteiger partial charge in [-0.2, -0.15) is 16.9 Å². The SMILES string of the molecule is CN1CCN(S(=O)(=O)c2ccc(-c3ccc([C@H]4C[C@]4(NC(=O)[C@@H](N)Cc4cccs4)C(N)S)cc3)cc2)CC1. The lowest BCUT2D eigenvalue weighted by Gasteiger charge is -2.31. The lowest BCUT2D eigenvalue weighted by molar-refractivity contribution is -0.123. The molecule has 1 aliphatic carbocycles. The number of thiophene rings is 1. The van der Waals surface area contributed by atoms with E-state index in [4.69, 9.17) is 11.5 Å². The Balaban J connectivity index is 1.25. The molecule has 39 heavy (non-hydrogen) atoms. The topological polar surface area (TPSA) is 122 Å². The zero-order chi connectivity index (χ0) is 27.8. The van der Waals surface area contributed by atoms with Gasteiger partial charge in [-0.15, -0.1) is 11.3 Å². The summed E-state index contributed by atoms with van der Waals surface area (Å²) in [4.78, 5) is 16.4. The van der Waals surface area contributed by atoms with E-state index in [0.29, 0.717) is 30.8 Å². The van der Waals surface area contributed by atoms with Gasteiger partial charge in [0, 0.05) is 43.4 Å². The summed E-state index contributed by atoms with van der Waals surface area (Å²) in [5.74, 6) is -0.188. The van der Waals surface area contributed by atoms with Crippen molar-refractivity contribution >= 4 is 39.9 Å². The van der Waals surface area contributed by atoms with E-state index in [2.05, 4.69) is 22.8 Å². The summed E-state index contributed by atoms with van der Waals surface area (Å²) in [7, 11) is -1.50. The minimum atomic E-state index is -3.50. The number of amides is 1. The molecule has 0 bridgehead atoms. The second-order valence-electron chi connectivity index (χ2n) is 10.5. The molecule has 1 aliphatic heterocycles. The molecule has 1 saturated heterocycles. The first-order valence-corrected chi connectivity index (χ1v) is 15.9. The van der Waals surface area contributed by atoms with Crippen LogP contribution in [0.15, 0.2) is 70.9 Å². The molecule has 1 amide bonds. The molecule has 2 fully saturated rings. The summed E-state index contributed by atoms with van der Waals surface area (Å²) in [6, 6.07) is 18.4. The zero-order valence-corrected chi connectivity index (χ0v) is 24.4. The third kappa shape index (κ3) is 5.95. The molecule has 2 heterocycles. The highest BCUT2D eigenvalue weighted by Crippen LogP contribution is 2.54. The summed E-state index contributed by atoms with van der Waals surface area (Å²) in [5, 5.41) is 4.54. The molecule has 11 heteroatoms. The quantitative estimate of drug-likeness (QED) is 0.226. The second kappa shape index (κ2) is 11.3. The van der Waals surface area contributed by atoms with E-state index < -0.39 is 27.0 Å². The van der Waals surface area contributed by atoms with Crippen LogP contribution in [-0.4, -0.2) is 73.7 Å². The minimum absolute atomic E-state index is 0.0352. The largest absolute Gasteiger partial charge is 0.346 e. The molecule has 5 N–H and O–H groups in total. The van der Waals surface area contributed by atoms with E-state index >= 15 is 0 Å². The van der Waals surface area contributed by atoms with Crippen molar-refractivity contribution in [3.63, 3.8) is 0 Å². The van der Waals surface area contributed by atoms with Crippen molar-refractivity contribution in [3.05, 3.63) is 76.5 Å². The first-order valence-electron chi connectivity index (χ1n) is 13.0. The number of piperazine rings is 1. The van der Waals surface area contributed by atoms with Crippen LogP contribution in [0.3, 0.4) is 0 Å². The molecule has 8 nitrogen and oxygen atoms in total. The number of rotatable bonds is 9. The predicted octanol–water partition coefficient (Wildman–Crippen LogP) is 2.48. The molecular weight excluding hydrogens is 551 g/mol. The molecule has 1 aromatic heterocycles. The Bertz CT molecular complexity index is 1390. The van der Waals surface area contributed by atoms with Crippen molar-refractivity contribution < 1.29 is 13.2 Å². The van der Waals surface area contributed by atoms with Gasteiger partial charge in [0.2, 0.25) is 15.9 Å². The average molecular weight is 586 g/mol. The normalized spacial score (nSPS) is 23.7. The van der Waals surface area contributed by atoms with E-state index in [0.717, 1.165) is 34.7 Å². The summed E-state index contributed by atoms with van der Waals surface area (Å²) in [5.41, 5.74) is 14.7. The third-order valence-electron chi connectivity index (χ3n) is 7.83. The average Bonchev–Trinajstić information content (AvgIpc) is 3.43. The molecule has 2 aliphatic rings. The number of likely N-dealkylation sites (N-methyl/N-ethyl adjacent to an activating group) is 1. The van der Waals surface area contributed by atoms with Gasteiger partial charge >= 0.3 is 0 Å². The molecule has 0 radical (unpaired) electrons. The number of benzene rings is 2. The van der Waals surface area contributed by atoms with E-state index in [9.17, 15) is 13.2 Å². The van der Waals surface area contributed by atoms with Gasteiger partial charge in [-0.1, -0.05) is 42.5 Å². The summed E-state index contributed by atoms with van der Waals surface area (Å²) in [6.45, 7) is 2.47. The van der Waals surface area contributed by atoms with Crippen molar-refractivity contribution in [2.45, 2.75) is 40.6 Å². The number of hydrogen-bond acceptors (Lipinski definition) is 8. The molecule has 4 atom stereocenters. The van der Waals surface area contributed by atoms with Crippen LogP contribution in [-0.2, 0) is 21.2 Å². The number of nitrogens with two attached hydrogens (primary N) is 2. The maximum absolute atomic E-state index is 13.0. The molecule has 0 spiro atoms. The number of carbonyl (C=O) groups is 1. The highest BCUT2D eigenvalue weighted by atomic mass is 32.2. The predicted molar refractivity (Wildman–Crippen MR) is 159 cm³/mol. The van der Waals surface area contributed by atoms with E-state index in [1.807, 2.05) is 61.0 Å². The maximum Gasteiger partial charge on any atom is 0.243 e. The summed E-state index contributed by atoms with van der Waals surface area (Å²) >= 11 is 6.09. The van der Waals surface area contributed by atoms with Crippen LogP contribution in [0.4, 0.5) is 0 Å². The van der Waals surface area contributed by atoms with Crippen molar-refractivity contribution in [1.82, 2.24) is 14.5 Å². The summed E-state index contributed by atoms with van der Waals surface area (Å²) in [6.07, 6.45) is 1.17. The molecule has 5 rings (SSSR count). The first-order chi connectivity index (χ1) is 18.6. The molecule has 208 valence electrons. The molecule has 1 unspecified atom stereocenters. The van der Waals surface area contributed by atoms with Gasteiger partial charge in [0.15, 0.2) is 0 Å². The van der Waals surface area contributed by atoms with Crippen LogP contribution in [0, 0.1) is 0 Å². The van der Waals surface area contributed by atoms with E-state index in [1.54, 1.807) is 27.8 Å². The highest BCUT2D eigenvalue weighted by molar-refractivity contribution is 7.89. The van der Waals surface area contributed by atoms with Gasteiger partial charge in [-0.3, -0.25) is 4.79 Å². The molecule has 1 saturated carbocycles. The monoisotopic (exact) mass is 585 g/mol. The molecule has 2 aromatic carbocycles. The number of hydrogen-bond donors (Lipinski definition) is 4.